The van der Waals surface area contributed by atoms with E-state index in [2.05, 4.69) is 15.2 Å². The molecule has 27 heavy (non-hydrogen) atoms. The quantitative estimate of drug-likeness (QED) is 0.899. The molecule has 3 atom stereocenters. The Morgan fingerprint density at radius 1 is 1.33 bits per heavy atom. The Morgan fingerprint density at radius 2 is 2.19 bits per heavy atom. The first-order chi connectivity index (χ1) is 13.1. The highest BCUT2D eigenvalue weighted by atomic mass is 19.1. The molecule has 2 saturated heterocycles. The number of hydrogen-bond donors (Lipinski definition) is 1. The van der Waals surface area contributed by atoms with Crippen LogP contribution in [0.1, 0.15) is 24.9 Å². The highest BCUT2D eigenvalue weighted by molar-refractivity contribution is 5.76. The monoisotopic (exact) mass is 370 g/mol. The second-order valence-corrected chi connectivity index (χ2v) is 7.12. The molecule has 0 radical (unpaired) electrons. The van der Waals surface area contributed by atoms with E-state index in [1.54, 1.807) is 19.4 Å². The predicted octanol–water partition coefficient (Wildman–Crippen LogP) is 2.96. The van der Waals surface area contributed by atoms with Crippen molar-refractivity contribution in [1.82, 2.24) is 15.2 Å². The van der Waals surface area contributed by atoms with Crippen molar-refractivity contribution in [3.63, 3.8) is 0 Å². The largest absolute Gasteiger partial charge is 0.497 e. The number of benzene rings is 1. The zero-order valence-corrected chi connectivity index (χ0v) is 15.4. The minimum atomic E-state index is -0.312. The number of amides is 2. The molecule has 1 aromatic carbocycles. The summed E-state index contributed by atoms with van der Waals surface area (Å²) in [4.78, 5) is 20.5. The summed E-state index contributed by atoms with van der Waals surface area (Å²) >= 11 is 0. The maximum absolute atomic E-state index is 14.0. The maximum atomic E-state index is 14.0. The van der Waals surface area contributed by atoms with Gasteiger partial charge < -0.3 is 19.9 Å². The lowest BCUT2D eigenvalue weighted by molar-refractivity contribution is 0.185. The molecule has 0 unspecified atom stereocenters. The van der Waals surface area contributed by atoms with E-state index in [0.29, 0.717) is 18.8 Å². The number of anilines is 1. The highest BCUT2D eigenvalue weighted by Gasteiger charge is 2.46. The van der Waals surface area contributed by atoms with E-state index < -0.39 is 0 Å². The summed E-state index contributed by atoms with van der Waals surface area (Å²) in [6, 6.07) is 9.43. The molecule has 1 aromatic heterocycles. The second-order valence-electron chi connectivity index (χ2n) is 7.12. The molecule has 2 aliphatic heterocycles. The Kier molecular flexibility index (Phi) is 4.59. The Bertz CT molecular complexity index is 846. The van der Waals surface area contributed by atoms with Gasteiger partial charge in [0.2, 0.25) is 0 Å². The fraction of sp³-hybridized carbons (Fsp3) is 0.400. The number of pyridine rings is 1. The first-order valence-corrected chi connectivity index (χ1v) is 9.14. The van der Waals surface area contributed by atoms with Crippen molar-refractivity contribution in [1.29, 1.82) is 0 Å². The summed E-state index contributed by atoms with van der Waals surface area (Å²) in [6.07, 6.45) is 3.70. The topological polar surface area (TPSA) is 57.7 Å². The van der Waals surface area contributed by atoms with Crippen LogP contribution in [0, 0.1) is 5.82 Å². The van der Waals surface area contributed by atoms with Gasteiger partial charge in [-0.1, -0.05) is 12.1 Å². The molecule has 0 spiro atoms. The number of rotatable bonds is 4. The summed E-state index contributed by atoms with van der Waals surface area (Å²) in [5.74, 6) is 0.455. The van der Waals surface area contributed by atoms with Gasteiger partial charge in [-0.2, -0.15) is 0 Å². The molecule has 2 aliphatic rings. The van der Waals surface area contributed by atoms with Crippen LogP contribution in [0.4, 0.5) is 14.9 Å². The fourth-order valence-corrected chi connectivity index (χ4v) is 4.07. The number of ether oxygens (including phenoxy) is 1. The van der Waals surface area contributed by atoms with Crippen LogP contribution in [-0.4, -0.2) is 48.2 Å². The molecule has 3 heterocycles. The van der Waals surface area contributed by atoms with Crippen molar-refractivity contribution in [2.45, 2.75) is 31.5 Å². The predicted molar refractivity (Wildman–Crippen MR) is 100 cm³/mol. The number of methoxy groups -OCH3 is 1. The van der Waals surface area contributed by atoms with Gasteiger partial charge >= 0.3 is 6.03 Å². The lowest BCUT2D eigenvalue weighted by Crippen LogP contribution is -2.52. The molecule has 0 saturated carbocycles. The van der Waals surface area contributed by atoms with Crippen molar-refractivity contribution >= 4 is 11.7 Å². The zero-order chi connectivity index (χ0) is 19.0. The summed E-state index contributed by atoms with van der Waals surface area (Å²) in [7, 11) is 1.63. The van der Waals surface area contributed by atoms with Gasteiger partial charge in [0.1, 0.15) is 5.75 Å². The summed E-state index contributed by atoms with van der Waals surface area (Å²) in [5.41, 5.74) is 1.56. The van der Waals surface area contributed by atoms with E-state index in [1.807, 2.05) is 36.1 Å². The van der Waals surface area contributed by atoms with E-state index in [-0.39, 0.29) is 30.0 Å². The first kappa shape index (κ1) is 17.6. The molecule has 2 bridgehead atoms. The average Bonchev–Trinajstić information content (AvgIpc) is 3.29. The molecule has 2 fully saturated rings. The number of piperazine rings is 1. The second kappa shape index (κ2) is 7.06. The smallest absolute Gasteiger partial charge is 0.318 e. The molecular formula is C20H23FN4O2. The number of nitrogens with one attached hydrogen (secondary N) is 1. The number of nitrogens with zero attached hydrogens (tertiary/aromatic N) is 3. The van der Waals surface area contributed by atoms with Crippen LogP contribution >= 0.6 is 0 Å². The molecule has 0 aliphatic carbocycles. The SMILES string of the molecule is COc1cccc([C@@H](C)NC(=O)N2C[C@H]3C[C@@H]2CN3c2ccncc2F)c1. The lowest BCUT2D eigenvalue weighted by Gasteiger charge is -2.36. The van der Waals surface area contributed by atoms with Crippen LogP contribution < -0.4 is 15.0 Å². The zero-order valence-electron chi connectivity index (χ0n) is 15.4. The number of aromatic nitrogens is 1. The lowest BCUT2D eigenvalue weighted by atomic mass is 10.1. The van der Waals surface area contributed by atoms with Gasteiger partial charge in [0, 0.05) is 25.3 Å². The number of urea groups is 1. The Morgan fingerprint density at radius 3 is 2.89 bits per heavy atom. The number of hydrogen-bond acceptors (Lipinski definition) is 4. The van der Waals surface area contributed by atoms with Gasteiger partial charge in [-0.15, -0.1) is 0 Å². The number of halogens is 1. The molecule has 2 amide bonds. The van der Waals surface area contributed by atoms with Crippen LogP contribution in [0.5, 0.6) is 5.75 Å². The molecule has 142 valence electrons. The van der Waals surface area contributed by atoms with E-state index in [1.165, 1.54) is 6.20 Å². The van der Waals surface area contributed by atoms with Gasteiger partial charge in [0.25, 0.3) is 0 Å². The van der Waals surface area contributed by atoms with Crippen LogP contribution in [-0.2, 0) is 0 Å². The van der Waals surface area contributed by atoms with Crippen LogP contribution in [0.25, 0.3) is 0 Å². The van der Waals surface area contributed by atoms with Crippen LogP contribution in [0.3, 0.4) is 0 Å². The number of fused-ring (bicyclic) bond motifs is 2. The molecule has 7 heteroatoms. The Balaban J connectivity index is 1.40. The average molecular weight is 370 g/mol. The van der Waals surface area contributed by atoms with E-state index in [4.69, 9.17) is 4.74 Å². The third-order valence-electron chi connectivity index (χ3n) is 5.50. The van der Waals surface area contributed by atoms with E-state index in [0.717, 1.165) is 17.7 Å². The standard InChI is InChI=1S/C20H23FN4O2/c1-13(14-4-3-5-17(8-14)27-2)23-20(26)25-12-15-9-16(25)11-24(15)19-6-7-22-10-18(19)21/h3-8,10,13,15-16H,9,11-12H2,1-2H3,(H,23,26)/t13-,15-,16-/m1/s1. The third kappa shape index (κ3) is 3.29. The Hall–Kier alpha value is -2.83. The number of likely N-dealkylation sites (tertiary alicyclic amines) is 1. The van der Waals surface area contributed by atoms with Gasteiger partial charge in [0.15, 0.2) is 5.82 Å². The van der Waals surface area contributed by atoms with Crippen molar-refractivity contribution in [2.75, 3.05) is 25.1 Å². The maximum Gasteiger partial charge on any atom is 0.318 e. The highest BCUT2D eigenvalue weighted by Crippen LogP contribution is 2.35. The number of carbonyl (C=O) groups excluding carboxylic acids is 1. The van der Waals surface area contributed by atoms with Gasteiger partial charge in [-0.25, -0.2) is 9.18 Å². The van der Waals surface area contributed by atoms with Crippen LogP contribution in [0.2, 0.25) is 0 Å². The molecule has 1 N–H and O–H groups in total. The van der Waals surface area contributed by atoms with Crippen molar-refractivity contribution in [3.05, 3.63) is 54.1 Å². The Labute approximate surface area is 157 Å². The van der Waals surface area contributed by atoms with Gasteiger partial charge in [-0.3, -0.25) is 4.98 Å². The first-order valence-electron chi connectivity index (χ1n) is 9.14. The minimum Gasteiger partial charge on any atom is -0.497 e. The molecular weight excluding hydrogens is 347 g/mol. The van der Waals surface area contributed by atoms with E-state index in [9.17, 15) is 9.18 Å². The van der Waals surface area contributed by atoms with Crippen molar-refractivity contribution < 1.29 is 13.9 Å². The van der Waals surface area contributed by atoms with Crippen LogP contribution in [0.15, 0.2) is 42.7 Å². The fourth-order valence-electron chi connectivity index (χ4n) is 4.07. The molecule has 6 nitrogen and oxygen atoms in total. The molecule has 4 rings (SSSR count). The van der Waals surface area contributed by atoms with Crippen molar-refractivity contribution in [2.24, 2.45) is 0 Å². The summed E-state index contributed by atoms with van der Waals surface area (Å²) in [5, 5.41) is 3.07. The minimum absolute atomic E-state index is 0.0762. The van der Waals surface area contributed by atoms with Gasteiger partial charge in [0.05, 0.1) is 31.1 Å². The normalized spacial score (nSPS) is 22.0. The molecule has 2 aromatic rings. The van der Waals surface area contributed by atoms with E-state index >= 15 is 0 Å². The van der Waals surface area contributed by atoms with Crippen molar-refractivity contribution in [3.8, 4) is 5.75 Å². The van der Waals surface area contributed by atoms with Gasteiger partial charge in [-0.05, 0) is 37.1 Å². The summed E-state index contributed by atoms with van der Waals surface area (Å²) < 4.78 is 19.3. The number of carbonyl (C=O) groups is 1. The third-order valence-corrected chi connectivity index (χ3v) is 5.50. The summed E-state index contributed by atoms with van der Waals surface area (Å²) in [6.45, 7) is 3.20.